The second-order valence-corrected chi connectivity index (χ2v) is 8.20. The third-order valence-electron chi connectivity index (χ3n) is 5.38. The zero-order chi connectivity index (χ0) is 24.6. The number of amides is 1. The Labute approximate surface area is 197 Å². The highest BCUT2D eigenvalue weighted by Gasteiger charge is 2.31. The van der Waals surface area contributed by atoms with Crippen molar-refractivity contribution in [3.8, 4) is 5.75 Å². The van der Waals surface area contributed by atoms with Crippen LogP contribution in [-0.2, 0) is 7.05 Å². The summed E-state index contributed by atoms with van der Waals surface area (Å²) in [6, 6.07) is 3.28. The smallest absolute Gasteiger partial charge is 0.296 e. The number of hydrogen-bond donors (Lipinski definition) is 2. The SMILES string of the molecule is Cc1cnn([C@H](c2cc(F)ccc2Cl)[C@@H](C)c2nc(C(=O)Nc3cnoc3)c(O)c(=O)n2C)c1. The van der Waals surface area contributed by atoms with E-state index in [0.29, 0.717) is 10.6 Å². The van der Waals surface area contributed by atoms with Crippen molar-refractivity contribution in [2.75, 3.05) is 5.32 Å². The molecule has 0 bridgehead atoms. The van der Waals surface area contributed by atoms with Crippen LogP contribution in [-0.4, -0.2) is 35.5 Å². The number of hydrogen-bond acceptors (Lipinski definition) is 7. The molecule has 0 spiro atoms. The number of carbonyl (C=O) groups is 1. The van der Waals surface area contributed by atoms with Crippen molar-refractivity contribution < 1.29 is 18.8 Å². The Balaban J connectivity index is 1.85. The van der Waals surface area contributed by atoms with Crippen LogP contribution < -0.4 is 10.9 Å². The van der Waals surface area contributed by atoms with E-state index in [2.05, 4.69) is 25.1 Å². The molecule has 0 aliphatic heterocycles. The highest BCUT2D eigenvalue weighted by molar-refractivity contribution is 6.31. The maximum Gasteiger partial charge on any atom is 0.296 e. The van der Waals surface area contributed by atoms with Crippen molar-refractivity contribution in [2.45, 2.75) is 25.8 Å². The first kappa shape index (κ1) is 23.2. The summed E-state index contributed by atoms with van der Waals surface area (Å²) in [6.07, 6.45) is 5.82. The van der Waals surface area contributed by atoms with E-state index >= 15 is 0 Å². The minimum atomic E-state index is -0.831. The van der Waals surface area contributed by atoms with Crippen molar-refractivity contribution in [1.82, 2.24) is 24.5 Å². The van der Waals surface area contributed by atoms with Crippen molar-refractivity contribution in [2.24, 2.45) is 7.05 Å². The summed E-state index contributed by atoms with van der Waals surface area (Å²) in [5, 5.41) is 20.9. The Bertz CT molecular complexity index is 1420. The monoisotopic (exact) mass is 486 g/mol. The van der Waals surface area contributed by atoms with Crippen LogP contribution in [0.15, 0.2) is 52.4 Å². The average molecular weight is 487 g/mol. The number of carbonyl (C=O) groups excluding carboxylic acids is 1. The second kappa shape index (κ2) is 9.10. The van der Waals surface area contributed by atoms with Crippen molar-refractivity contribution >= 4 is 23.2 Å². The van der Waals surface area contributed by atoms with Gasteiger partial charge in [0, 0.05) is 24.2 Å². The summed E-state index contributed by atoms with van der Waals surface area (Å²) in [7, 11) is 1.42. The van der Waals surface area contributed by atoms with E-state index in [-0.39, 0.29) is 11.5 Å². The van der Waals surface area contributed by atoms with Crippen LogP contribution in [0.4, 0.5) is 10.1 Å². The quantitative estimate of drug-likeness (QED) is 0.427. The van der Waals surface area contributed by atoms with Gasteiger partial charge in [-0.3, -0.25) is 18.8 Å². The molecule has 0 fully saturated rings. The number of anilines is 1. The summed E-state index contributed by atoms with van der Waals surface area (Å²) in [5.41, 5.74) is 0.180. The number of nitrogens with one attached hydrogen (secondary N) is 1. The molecule has 1 aromatic carbocycles. The molecule has 4 aromatic rings. The standard InChI is InChI=1S/C22H20ClFN6O4/c1-11-7-25-30(9-11)18(15-6-13(24)4-5-16(15)23)12(2)20-28-17(19(31)22(33)29(20)3)21(32)27-14-8-26-34-10-14/h4-10,12,18,31H,1-3H3,(H,27,32)/t12-,18+/m1/s1. The number of aromatic hydroxyl groups is 1. The fraction of sp³-hybridized carbons (Fsp3) is 0.227. The highest BCUT2D eigenvalue weighted by atomic mass is 35.5. The van der Waals surface area contributed by atoms with Gasteiger partial charge in [0.2, 0.25) is 5.75 Å². The zero-order valence-electron chi connectivity index (χ0n) is 18.4. The van der Waals surface area contributed by atoms with E-state index in [4.69, 9.17) is 11.6 Å². The Kier molecular flexibility index (Phi) is 6.20. The summed E-state index contributed by atoms with van der Waals surface area (Å²) in [4.78, 5) is 29.9. The van der Waals surface area contributed by atoms with E-state index in [1.165, 1.54) is 37.7 Å². The third kappa shape index (κ3) is 4.29. The minimum absolute atomic E-state index is 0.150. The van der Waals surface area contributed by atoms with E-state index in [0.717, 1.165) is 10.1 Å². The topological polar surface area (TPSA) is 128 Å². The molecule has 0 radical (unpaired) electrons. The van der Waals surface area contributed by atoms with Crippen LogP contribution in [0.25, 0.3) is 0 Å². The maximum absolute atomic E-state index is 14.2. The molecule has 2 atom stereocenters. The molecule has 176 valence electrons. The lowest BCUT2D eigenvalue weighted by Crippen LogP contribution is -2.30. The molecule has 0 saturated heterocycles. The molecule has 34 heavy (non-hydrogen) atoms. The lowest BCUT2D eigenvalue weighted by atomic mass is 9.93. The first-order chi connectivity index (χ1) is 16.2. The van der Waals surface area contributed by atoms with E-state index in [1.807, 2.05) is 6.92 Å². The van der Waals surface area contributed by atoms with Crippen LogP contribution in [0.3, 0.4) is 0 Å². The Morgan fingerprint density at radius 3 is 2.74 bits per heavy atom. The molecule has 2 N–H and O–H groups in total. The molecule has 3 heterocycles. The van der Waals surface area contributed by atoms with Gasteiger partial charge < -0.3 is 14.9 Å². The van der Waals surface area contributed by atoms with E-state index in [9.17, 15) is 19.1 Å². The van der Waals surface area contributed by atoms with Crippen molar-refractivity contribution in [1.29, 1.82) is 0 Å². The Morgan fingerprint density at radius 1 is 1.32 bits per heavy atom. The summed E-state index contributed by atoms with van der Waals surface area (Å²) < 4.78 is 21.6. The molecule has 12 heteroatoms. The van der Waals surface area contributed by atoms with Gasteiger partial charge in [-0.2, -0.15) is 5.10 Å². The van der Waals surface area contributed by atoms with Crippen LogP contribution in [0.5, 0.6) is 5.75 Å². The number of benzene rings is 1. The molecular weight excluding hydrogens is 467 g/mol. The molecule has 0 aliphatic rings. The van der Waals surface area contributed by atoms with Crippen LogP contribution in [0.1, 0.15) is 46.3 Å². The minimum Gasteiger partial charge on any atom is -0.501 e. The van der Waals surface area contributed by atoms with Gasteiger partial charge in [-0.05, 0) is 36.2 Å². The normalized spacial score (nSPS) is 13.0. The van der Waals surface area contributed by atoms with Gasteiger partial charge in [-0.15, -0.1) is 0 Å². The summed E-state index contributed by atoms with van der Waals surface area (Å²) >= 11 is 6.42. The first-order valence-electron chi connectivity index (χ1n) is 10.1. The average Bonchev–Trinajstić information content (AvgIpc) is 3.46. The summed E-state index contributed by atoms with van der Waals surface area (Å²) in [6.45, 7) is 3.59. The number of aryl methyl sites for hydroxylation is 1. The molecule has 3 aromatic heterocycles. The van der Waals surface area contributed by atoms with Crippen molar-refractivity contribution in [3.63, 3.8) is 0 Å². The molecule has 0 unspecified atom stereocenters. The van der Waals surface area contributed by atoms with Gasteiger partial charge in [-0.1, -0.05) is 23.7 Å². The van der Waals surface area contributed by atoms with Crippen LogP contribution in [0.2, 0.25) is 5.02 Å². The zero-order valence-corrected chi connectivity index (χ0v) is 19.1. The largest absolute Gasteiger partial charge is 0.501 e. The molecule has 0 saturated carbocycles. The molecule has 1 amide bonds. The number of nitrogens with zero attached hydrogens (tertiary/aromatic N) is 5. The fourth-order valence-corrected chi connectivity index (χ4v) is 3.97. The van der Waals surface area contributed by atoms with E-state index < -0.39 is 40.7 Å². The first-order valence-corrected chi connectivity index (χ1v) is 10.5. The van der Waals surface area contributed by atoms with Gasteiger partial charge in [0.05, 0.1) is 18.4 Å². The molecular formula is C22H20ClFN6O4. The second-order valence-electron chi connectivity index (χ2n) is 7.80. The van der Waals surface area contributed by atoms with Crippen molar-refractivity contribution in [3.05, 3.63) is 86.9 Å². The lowest BCUT2D eigenvalue weighted by Gasteiger charge is -2.27. The van der Waals surface area contributed by atoms with Crippen LogP contribution in [0, 0.1) is 12.7 Å². The maximum atomic E-state index is 14.2. The lowest BCUT2D eigenvalue weighted by molar-refractivity contribution is 0.101. The van der Waals surface area contributed by atoms with Gasteiger partial charge in [-0.25, -0.2) is 9.37 Å². The van der Waals surface area contributed by atoms with Gasteiger partial charge >= 0.3 is 0 Å². The Morgan fingerprint density at radius 2 is 2.09 bits per heavy atom. The van der Waals surface area contributed by atoms with Gasteiger partial charge in [0.1, 0.15) is 23.6 Å². The number of halogens is 2. The third-order valence-corrected chi connectivity index (χ3v) is 5.72. The number of aromatic nitrogens is 5. The predicted molar refractivity (Wildman–Crippen MR) is 121 cm³/mol. The molecule has 4 rings (SSSR count). The fourth-order valence-electron chi connectivity index (χ4n) is 3.74. The molecule has 10 nitrogen and oxygen atoms in total. The number of rotatable bonds is 6. The molecule has 0 aliphatic carbocycles. The van der Waals surface area contributed by atoms with Gasteiger partial charge in [0.25, 0.3) is 11.5 Å². The highest BCUT2D eigenvalue weighted by Crippen LogP contribution is 2.37. The van der Waals surface area contributed by atoms with Crippen LogP contribution >= 0.6 is 11.6 Å². The van der Waals surface area contributed by atoms with Gasteiger partial charge in [0.15, 0.2) is 5.69 Å². The Hall–Kier alpha value is -3.99. The van der Waals surface area contributed by atoms with E-state index in [1.54, 1.807) is 24.0 Å². The predicted octanol–water partition coefficient (Wildman–Crippen LogP) is 3.42. The summed E-state index contributed by atoms with van der Waals surface area (Å²) in [5.74, 6) is -2.64.